The predicted molar refractivity (Wildman–Crippen MR) is 70.1 cm³/mol. The molecule has 0 unspecified atom stereocenters. The van der Waals surface area contributed by atoms with Crippen molar-refractivity contribution >= 4 is 0 Å². The van der Waals surface area contributed by atoms with Crippen molar-refractivity contribution in [2.45, 2.75) is 64.2 Å². The molecule has 0 nitrogen and oxygen atoms in total. The molecule has 0 aliphatic rings. The van der Waals surface area contributed by atoms with Gasteiger partial charge in [-0.15, -0.1) is 12.3 Å². The van der Waals surface area contributed by atoms with Gasteiger partial charge in [0.05, 0.1) is 0 Å². The molecule has 0 spiro atoms. The van der Waals surface area contributed by atoms with Crippen molar-refractivity contribution in [3.63, 3.8) is 0 Å². The Morgan fingerprint density at radius 3 is 1.67 bits per heavy atom. The van der Waals surface area contributed by atoms with Crippen molar-refractivity contribution in [2.75, 3.05) is 0 Å². The zero-order chi connectivity index (χ0) is 11.2. The van der Waals surface area contributed by atoms with Gasteiger partial charge in [-0.1, -0.05) is 51.2 Å². The Morgan fingerprint density at radius 1 is 0.733 bits per heavy atom. The number of allylic oxidation sites excluding steroid dienone is 2. The highest BCUT2D eigenvalue weighted by Gasteiger charge is 1.91. The smallest absolute Gasteiger partial charge is 0.0275 e. The normalized spacial score (nSPS) is 9.60. The lowest BCUT2D eigenvalue weighted by Crippen LogP contribution is -1.80. The van der Waals surface area contributed by atoms with E-state index in [-0.39, 0.29) is 0 Å². The van der Waals surface area contributed by atoms with Crippen LogP contribution in [0.5, 0.6) is 0 Å². The Morgan fingerprint density at radius 2 is 1.20 bits per heavy atom. The average molecular weight is 206 g/mol. The fourth-order valence-electron chi connectivity index (χ4n) is 1.70. The molecule has 0 saturated heterocycles. The van der Waals surface area contributed by atoms with Gasteiger partial charge in [-0.2, -0.15) is 0 Å². The SMILES string of the molecule is C=C=CCCCCCCCCCCC=C. The molecule has 0 heteroatoms. The van der Waals surface area contributed by atoms with Gasteiger partial charge >= 0.3 is 0 Å². The first-order valence-corrected chi connectivity index (χ1v) is 6.37. The monoisotopic (exact) mass is 206 g/mol. The number of unbranched alkanes of at least 4 members (excludes halogenated alkanes) is 9. The lowest BCUT2D eigenvalue weighted by Gasteiger charge is -2.00. The van der Waals surface area contributed by atoms with Crippen LogP contribution in [0.1, 0.15) is 64.2 Å². The molecule has 0 bridgehead atoms. The molecular formula is C15H26. The van der Waals surface area contributed by atoms with Gasteiger partial charge in [-0.25, -0.2) is 0 Å². The largest absolute Gasteiger partial charge is 0.133 e. The molecule has 0 aromatic carbocycles. The quantitative estimate of drug-likeness (QED) is 0.241. The van der Waals surface area contributed by atoms with Crippen LogP contribution in [0, 0.1) is 0 Å². The zero-order valence-corrected chi connectivity index (χ0v) is 10.1. The maximum atomic E-state index is 3.73. The first kappa shape index (κ1) is 14.3. The van der Waals surface area contributed by atoms with E-state index in [2.05, 4.69) is 18.9 Å². The number of hydrogen-bond acceptors (Lipinski definition) is 0. The summed E-state index contributed by atoms with van der Waals surface area (Å²) in [6.07, 6.45) is 17.4. The van der Waals surface area contributed by atoms with Crippen molar-refractivity contribution in [1.29, 1.82) is 0 Å². The van der Waals surface area contributed by atoms with Crippen LogP contribution in [0.15, 0.2) is 31.0 Å². The first-order valence-electron chi connectivity index (χ1n) is 6.37. The van der Waals surface area contributed by atoms with Gasteiger partial charge in [0.25, 0.3) is 0 Å². The van der Waals surface area contributed by atoms with Crippen LogP contribution in [0.3, 0.4) is 0 Å². The Labute approximate surface area is 95.8 Å². The molecule has 0 heterocycles. The predicted octanol–water partition coefficient (Wildman–Crippen LogP) is 5.41. The summed E-state index contributed by atoms with van der Waals surface area (Å²) in [6.45, 7) is 7.29. The lowest BCUT2D eigenvalue weighted by atomic mass is 10.1. The third-order valence-electron chi connectivity index (χ3n) is 2.65. The van der Waals surface area contributed by atoms with Crippen molar-refractivity contribution in [3.05, 3.63) is 31.0 Å². The summed E-state index contributed by atoms with van der Waals surface area (Å²) in [5.74, 6) is 0. The van der Waals surface area contributed by atoms with E-state index in [1.54, 1.807) is 0 Å². The molecule has 0 saturated carbocycles. The second-order valence-corrected chi connectivity index (χ2v) is 4.10. The van der Waals surface area contributed by atoms with E-state index in [4.69, 9.17) is 0 Å². The van der Waals surface area contributed by atoms with E-state index in [1.807, 2.05) is 12.2 Å². The minimum atomic E-state index is 1.16. The number of hydrogen-bond donors (Lipinski definition) is 0. The van der Waals surface area contributed by atoms with E-state index in [9.17, 15) is 0 Å². The summed E-state index contributed by atoms with van der Waals surface area (Å²) < 4.78 is 0. The van der Waals surface area contributed by atoms with Crippen molar-refractivity contribution in [1.82, 2.24) is 0 Å². The zero-order valence-electron chi connectivity index (χ0n) is 10.1. The fraction of sp³-hybridized carbons (Fsp3) is 0.667. The van der Waals surface area contributed by atoms with Gasteiger partial charge in [-0.05, 0) is 31.8 Å². The first-order chi connectivity index (χ1) is 7.41. The molecular weight excluding hydrogens is 180 g/mol. The van der Waals surface area contributed by atoms with Crippen molar-refractivity contribution < 1.29 is 0 Å². The topological polar surface area (TPSA) is 0 Å². The average Bonchev–Trinajstić information content (AvgIpc) is 2.26. The van der Waals surface area contributed by atoms with Gasteiger partial charge in [0.2, 0.25) is 0 Å². The Bertz CT molecular complexity index is 172. The standard InChI is InChI=1S/C15H26/c1-3-5-7-9-11-13-15-14-12-10-8-6-4-2/h3,6H,1-2,5,7-15H2. The van der Waals surface area contributed by atoms with Gasteiger partial charge in [0.15, 0.2) is 0 Å². The van der Waals surface area contributed by atoms with E-state index in [0.717, 1.165) is 6.42 Å². The summed E-state index contributed by atoms with van der Waals surface area (Å²) in [6, 6.07) is 0. The number of rotatable bonds is 11. The summed E-state index contributed by atoms with van der Waals surface area (Å²) in [5, 5.41) is 0. The Hall–Kier alpha value is -0.740. The molecule has 0 aliphatic carbocycles. The second-order valence-electron chi connectivity index (χ2n) is 4.10. The van der Waals surface area contributed by atoms with Crippen LogP contribution >= 0.6 is 0 Å². The van der Waals surface area contributed by atoms with Crippen LogP contribution in [0.25, 0.3) is 0 Å². The highest BCUT2D eigenvalue weighted by molar-refractivity contribution is 4.74. The maximum absolute atomic E-state index is 3.73. The molecule has 15 heavy (non-hydrogen) atoms. The molecule has 0 atom stereocenters. The van der Waals surface area contributed by atoms with Gasteiger partial charge < -0.3 is 0 Å². The van der Waals surface area contributed by atoms with Crippen molar-refractivity contribution in [3.8, 4) is 0 Å². The highest BCUT2D eigenvalue weighted by Crippen LogP contribution is 2.10. The second kappa shape index (κ2) is 13.3. The molecule has 0 radical (unpaired) electrons. The minimum absolute atomic E-state index is 1.16. The van der Waals surface area contributed by atoms with Gasteiger partial charge in [0.1, 0.15) is 0 Å². The fourth-order valence-corrected chi connectivity index (χ4v) is 1.70. The van der Waals surface area contributed by atoms with E-state index in [0.29, 0.717) is 0 Å². The van der Waals surface area contributed by atoms with Crippen LogP contribution in [0.4, 0.5) is 0 Å². The van der Waals surface area contributed by atoms with Gasteiger partial charge in [0, 0.05) is 0 Å². The van der Waals surface area contributed by atoms with Crippen molar-refractivity contribution in [2.24, 2.45) is 0 Å². The molecule has 0 N–H and O–H groups in total. The van der Waals surface area contributed by atoms with Crippen LogP contribution in [0.2, 0.25) is 0 Å². The molecule has 0 aliphatic heterocycles. The Kier molecular flexibility index (Phi) is 12.6. The lowest BCUT2D eigenvalue weighted by molar-refractivity contribution is 0.571. The summed E-state index contributed by atoms with van der Waals surface area (Å²) in [5.41, 5.74) is 2.82. The maximum Gasteiger partial charge on any atom is -0.0275 e. The molecule has 0 rings (SSSR count). The van der Waals surface area contributed by atoms with E-state index >= 15 is 0 Å². The molecule has 0 amide bonds. The Balaban J connectivity index is 2.92. The van der Waals surface area contributed by atoms with Crippen LogP contribution < -0.4 is 0 Å². The molecule has 0 aromatic rings. The highest BCUT2D eigenvalue weighted by atomic mass is 14.0. The summed E-state index contributed by atoms with van der Waals surface area (Å²) in [7, 11) is 0. The van der Waals surface area contributed by atoms with Gasteiger partial charge in [-0.3, -0.25) is 0 Å². The third kappa shape index (κ3) is 13.3. The molecule has 0 aromatic heterocycles. The van der Waals surface area contributed by atoms with Crippen LogP contribution in [-0.2, 0) is 0 Å². The molecule has 86 valence electrons. The van der Waals surface area contributed by atoms with E-state index < -0.39 is 0 Å². The summed E-state index contributed by atoms with van der Waals surface area (Å²) in [4.78, 5) is 0. The minimum Gasteiger partial charge on any atom is -0.133 e. The summed E-state index contributed by atoms with van der Waals surface area (Å²) >= 11 is 0. The third-order valence-corrected chi connectivity index (χ3v) is 2.65. The van der Waals surface area contributed by atoms with Crippen LogP contribution in [-0.4, -0.2) is 0 Å². The van der Waals surface area contributed by atoms with E-state index in [1.165, 1.54) is 57.8 Å². The molecule has 0 fully saturated rings.